The number of rotatable bonds is 5. The van der Waals surface area contributed by atoms with Crippen molar-refractivity contribution in [3.63, 3.8) is 0 Å². The highest BCUT2D eigenvalue weighted by molar-refractivity contribution is 5.84. The Labute approximate surface area is 151 Å². The Balaban J connectivity index is 1.64. The fourth-order valence-electron chi connectivity index (χ4n) is 2.99. The van der Waals surface area contributed by atoms with Gasteiger partial charge in [-0.25, -0.2) is 4.79 Å². The molecule has 2 heterocycles. The van der Waals surface area contributed by atoms with Crippen LogP contribution in [0.1, 0.15) is 29.2 Å². The average Bonchev–Trinajstić information content (AvgIpc) is 2.97. The number of carboxylic acid groups (broad SMARTS) is 1. The number of carbonyl (C=O) groups is 2. The second-order valence-electron chi connectivity index (χ2n) is 6.49. The zero-order valence-corrected chi connectivity index (χ0v) is 15.1. The number of hydrogen-bond donors (Lipinski definition) is 1. The summed E-state index contributed by atoms with van der Waals surface area (Å²) in [6, 6.07) is 4.82. The van der Waals surface area contributed by atoms with E-state index in [4.69, 9.17) is 4.74 Å². The molecule has 8 heteroatoms. The zero-order valence-electron chi connectivity index (χ0n) is 15.1. The van der Waals surface area contributed by atoms with Gasteiger partial charge in [0.15, 0.2) is 5.82 Å². The Hall–Kier alpha value is -2.90. The number of carbonyl (C=O) groups excluding carboxylic acids is 1. The van der Waals surface area contributed by atoms with Gasteiger partial charge in [0.1, 0.15) is 17.6 Å². The molecule has 0 spiro atoms. The van der Waals surface area contributed by atoms with E-state index in [9.17, 15) is 14.7 Å². The molecule has 1 aliphatic rings. The van der Waals surface area contributed by atoms with Crippen molar-refractivity contribution < 1.29 is 19.4 Å². The highest BCUT2D eigenvalue weighted by Gasteiger charge is 2.36. The summed E-state index contributed by atoms with van der Waals surface area (Å²) in [5, 5.41) is 17.5. The first-order chi connectivity index (χ1) is 12.4. The molecule has 0 radical (unpaired) electrons. The van der Waals surface area contributed by atoms with Crippen molar-refractivity contribution >= 4 is 11.9 Å². The smallest absolute Gasteiger partial charge is 0.328 e. The van der Waals surface area contributed by atoms with Crippen molar-refractivity contribution in [2.75, 3.05) is 6.61 Å². The van der Waals surface area contributed by atoms with Crippen LogP contribution in [0.4, 0.5) is 0 Å². The van der Waals surface area contributed by atoms with Gasteiger partial charge in [-0.15, -0.1) is 10.2 Å². The summed E-state index contributed by atoms with van der Waals surface area (Å²) in [5.74, 6) is 0.643. The molecule has 1 amide bonds. The van der Waals surface area contributed by atoms with Crippen LogP contribution in [-0.4, -0.2) is 49.3 Å². The lowest BCUT2D eigenvalue weighted by Gasteiger charge is -2.33. The van der Waals surface area contributed by atoms with Crippen LogP contribution in [0.15, 0.2) is 18.2 Å². The Morgan fingerprint density at radius 3 is 2.69 bits per heavy atom. The third-order valence-electron chi connectivity index (χ3n) is 4.72. The predicted molar refractivity (Wildman–Crippen MR) is 92.8 cm³/mol. The summed E-state index contributed by atoms with van der Waals surface area (Å²) in [7, 11) is 0. The molecule has 1 N–H and O–H groups in total. The van der Waals surface area contributed by atoms with Gasteiger partial charge >= 0.3 is 5.97 Å². The SMILES string of the molecule is Cc1ccc(OCCC(=O)N2Cc3nnc(C)n3CC2C(=O)O)cc1C. The van der Waals surface area contributed by atoms with Crippen molar-refractivity contribution in [1.29, 1.82) is 0 Å². The highest BCUT2D eigenvalue weighted by atomic mass is 16.5. The molecule has 1 aromatic heterocycles. The molecule has 0 aliphatic carbocycles. The molecule has 3 rings (SSSR count). The van der Waals surface area contributed by atoms with Gasteiger partial charge in [-0.2, -0.15) is 0 Å². The zero-order chi connectivity index (χ0) is 18.8. The summed E-state index contributed by atoms with van der Waals surface area (Å²) in [5.41, 5.74) is 2.29. The van der Waals surface area contributed by atoms with E-state index in [2.05, 4.69) is 10.2 Å². The minimum Gasteiger partial charge on any atom is -0.493 e. The van der Waals surface area contributed by atoms with E-state index in [1.54, 1.807) is 11.5 Å². The van der Waals surface area contributed by atoms with Gasteiger partial charge in [0.25, 0.3) is 0 Å². The average molecular weight is 358 g/mol. The van der Waals surface area contributed by atoms with E-state index in [0.29, 0.717) is 17.4 Å². The number of benzene rings is 1. The number of aryl methyl sites for hydroxylation is 3. The number of amides is 1. The van der Waals surface area contributed by atoms with Crippen molar-refractivity contribution in [2.24, 2.45) is 0 Å². The largest absolute Gasteiger partial charge is 0.493 e. The van der Waals surface area contributed by atoms with Gasteiger partial charge in [-0.05, 0) is 44.0 Å². The molecule has 0 bridgehead atoms. The van der Waals surface area contributed by atoms with Gasteiger partial charge in [0, 0.05) is 0 Å². The van der Waals surface area contributed by atoms with E-state index in [1.807, 2.05) is 32.0 Å². The Bertz CT molecular complexity index is 846. The normalized spacial score (nSPS) is 16.3. The number of aromatic nitrogens is 3. The molecule has 138 valence electrons. The summed E-state index contributed by atoms with van der Waals surface area (Å²) in [4.78, 5) is 25.5. The number of hydrogen-bond acceptors (Lipinski definition) is 5. The first kappa shape index (κ1) is 17.9. The summed E-state index contributed by atoms with van der Waals surface area (Å²) in [6.45, 7) is 6.27. The Morgan fingerprint density at radius 2 is 2.00 bits per heavy atom. The lowest BCUT2D eigenvalue weighted by molar-refractivity contribution is -0.153. The highest BCUT2D eigenvalue weighted by Crippen LogP contribution is 2.20. The molecule has 1 aliphatic heterocycles. The first-order valence-electron chi connectivity index (χ1n) is 8.48. The van der Waals surface area contributed by atoms with Gasteiger partial charge in [0.05, 0.1) is 26.1 Å². The second-order valence-corrected chi connectivity index (χ2v) is 6.49. The third kappa shape index (κ3) is 3.54. The van der Waals surface area contributed by atoms with Crippen molar-refractivity contribution in [3.8, 4) is 5.75 Å². The van der Waals surface area contributed by atoms with Crippen molar-refractivity contribution in [1.82, 2.24) is 19.7 Å². The van der Waals surface area contributed by atoms with E-state index < -0.39 is 12.0 Å². The van der Waals surface area contributed by atoms with Crippen LogP contribution < -0.4 is 4.74 Å². The predicted octanol–water partition coefficient (Wildman–Crippen LogP) is 1.47. The monoisotopic (exact) mass is 358 g/mol. The Morgan fingerprint density at radius 1 is 1.23 bits per heavy atom. The standard InChI is InChI=1S/C18H22N4O4/c1-11-4-5-14(8-12(11)2)26-7-6-17(23)22-10-16-20-19-13(3)21(16)9-15(22)18(24)25/h4-5,8,15H,6-7,9-10H2,1-3H3,(H,24,25). The van der Waals surface area contributed by atoms with Gasteiger partial charge < -0.3 is 19.3 Å². The van der Waals surface area contributed by atoms with Crippen LogP contribution in [0.5, 0.6) is 5.75 Å². The number of carboxylic acids is 1. The van der Waals surface area contributed by atoms with Crippen LogP contribution in [0, 0.1) is 20.8 Å². The maximum Gasteiger partial charge on any atom is 0.328 e. The lowest BCUT2D eigenvalue weighted by atomic mass is 10.1. The number of fused-ring (bicyclic) bond motifs is 1. The molecule has 1 unspecified atom stereocenters. The molecule has 1 atom stereocenters. The minimum absolute atomic E-state index is 0.101. The van der Waals surface area contributed by atoms with E-state index >= 15 is 0 Å². The molecule has 2 aromatic rings. The third-order valence-corrected chi connectivity index (χ3v) is 4.72. The molecule has 8 nitrogen and oxygen atoms in total. The molecule has 1 aromatic carbocycles. The van der Waals surface area contributed by atoms with E-state index in [-0.39, 0.29) is 32.0 Å². The van der Waals surface area contributed by atoms with Crippen LogP contribution in [-0.2, 0) is 22.7 Å². The van der Waals surface area contributed by atoms with Crippen LogP contribution in [0.25, 0.3) is 0 Å². The summed E-state index contributed by atoms with van der Waals surface area (Å²) >= 11 is 0. The topological polar surface area (TPSA) is 97.5 Å². The molecule has 0 saturated heterocycles. The van der Waals surface area contributed by atoms with Gasteiger partial charge in [0.2, 0.25) is 5.91 Å². The van der Waals surface area contributed by atoms with Crippen LogP contribution in [0.3, 0.4) is 0 Å². The molecular formula is C18H22N4O4. The van der Waals surface area contributed by atoms with Gasteiger partial charge in [-0.1, -0.05) is 6.07 Å². The van der Waals surface area contributed by atoms with Crippen molar-refractivity contribution in [2.45, 2.75) is 46.3 Å². The van der Waals surface area contributed by atoms with Crippen LogP contribution in [0.2, 0.25) is 0 Å². The fourth-order valence-corrected chi connectivity index (χ4v) is 2.99. The number of aliphatic carboxylic acids is 1. The summed E-state index contributed by atoms with van der Waals surface area (Å²) < 4.78 is 7.39. The first-order valence-corrected chi connectivity index (χ1v) is 8.48. The van der Waals surface area contributed by atoms with Gasteiger partial charge in [-0.3, -0.25) is 4.79 Å². The molecule has 26 heavy (non-hydrogen) atoms. The van der Waals surface area contributed by atoms with E-state index in [1.165, 1.54) is 10.5 Å². The van der Waals surface area contributed by atoms with E-state index in [0.717, 1.165) is 5.56 Å². The summed E-state index contributed by atoms with van der Waals surface area (Å²) in [6.07, 6.45) is 0.101. The Kier molecular flexibility index (Phi) is 4.92. The second kappa shape index (κ2) is 7.15. The maximum absolute atomic E-state index is 12.6. The fraction of sp³-hybridized carbons (Fsp3) is 0.444. The lowest BCUT2D eigenvalue weighted by Crippen LogP contribution is -2.51. The number of ether oxygens (including phenoxy) is 1. The van der Waals surface area contributed by atoms with Crippen LogP contribution >= 0.6 is 0 Å². The molecule has 0 saturated carbocycles. The maximum atomic E-state index is 12.6. The number of nitrogens with zero attached hydrogens (tertiary/aromatic N) is 4. The molecular weight excluding hydrogens is 336 g/mol. The van der Waals surface area contributed by atoms with Crippen molar-refractivity contribution in [3.05, 3.63) is 41.0 Å². The minimum atomic E-state index is -1.04. The quantitative estimate of drug-likeness (QED) is 0.869. The molecule has 0 fully saturated rings.